The van der Waals surface area contributed by atoms with Crippen LogP contribution in [0.25, 0.3) is 0 Å². The van der Waals surface area contributed by atoms with Gasteiger partial charge in [0.2, 0.25) is 0 Å². The van der Waals surface area contributed by atoms with Gasteiger partial charge in [0.25, 0.3) is 10.2 Å². The highest BCUT2D eigenvalue weighted by Gasteiger charge is 2.35. The van der Waals surface area contributed by atoms with E-state index in [1.54, 1.807) is 4.31 Å². The van der Waals surface area contributed by atoms with Crippen LogP contribution in [0.3, 0.4) is 0 Å². The SMILES string of the molecule is C#CCN(CC1CC1)S(=O)(=O)N1CCCC(C)C1. The second-order valence-corrected chi connectivity index (χ2v) is 7.48. The molecule has 18 heavy (non-hydrogen) atoms. The van der Waals surface area contributed by atoms with Crippen LogP contribution in [0.2, 0.25) is 0 Å². The minimum absolute atomic E-state index is 0.198. The maximum absolute atomic E-state index is 12.5. The van der Waals surface area contributed by atoms with Crippen molar-refractivity contribution in [2.24, 2.45) is 11.8 Å². The molecule has 0 N–H and O–H groups in total. The van der Waals surface area contributed by atoms with Crippen molar-refractivity contribution in [3.63, 3.8) is 0 Å². The first-order chi connectivity index (χ1) is 8.54. The largest absolute Gasteiger partial charge is 0.282 e. The lowest BCUT2D eigenvalue weighted by Gasteiger charge is -2.33. The molecule has 1 heterocycles. The maximum atomic E-state index is 12.5. The molecular weight excluding hydrogens is 248 g/mol. The van der Waals surface area contributed by atoms with E-state index in [4.69, 9.17) is 6.42 Å². The number of hydrogen-bond acceptors (Lipinski definition) is 2. The molecule has 0 amide bonds. The van der Waals surface area contributed by atoms with Gasteiger partial charge >= 0.3 is 0 Å². The Morgan fingerprint density at radius 1 is 1.39 bits per heavy atom. The van der Waals surface area contributed by atoms with Gasteiger partial charge in [-0.1, -0.05) is 12.8 Å². The number of piperidine rings is 1. The van der Waals surface area contributed by atoms with Crippen LogP contribution in [0.1, 0.15) is 32.6 Å². The highest BCUT2D eigenvalue weighted by molar-refractivity contribution is 7.86. The van der Waals surface area contributed by atoms with Crippen LogP contribution < -0.4 is 0 Å². The van der Waals surface area contributed by atoms with E-state index in [9.17, 15) is 8.42 Å². The number of rotatable bonds is 5. The Labute approximate surface area is 111 Å². The van der Waals surface area contributed by atoms with E-state index in [1.165, 1.54) is 4.31 Å². The maximum Gasteiger partial charge on any atom is 0.282 e. The summed E-state index contributed by atoms with van der Waals surface area (Å²) < 4.78 is 28.2. The van der Waals surface area contributed by atoms with Crippen molar-refractivity contribution in [3.8, 4) is 12.3 Å². The second kappa shape index (κ2) is 5.60. The second-order valence-electron chi connectivity index (χ2n) is 5.55. The first-order valence-corrected chi connectivity index (χ1v) is 8.12. The zero-order valence-corrected chi connectivity index (χ0v) is 11.8. The summed E-state index contributed by atoms with van der Waals surface area (Å²) in [6.07, 6.45) is 9.64. The molecule has 1 saturated carbocycles. The summed E-state index contributed by atoms with van der Waals surface area (Å²) in [4.78, 5) is 0. The van der Waals surface area contributed by atoms with Gasteiger partial charge in [0, 0.05) is 19.6 Å². The van der Waals surface area contributed by atoms with Gasteiger partial charge in [-0.3, -0.25) is 0 Å². The molecule has 0 aromatic carbocycles. The standard InChI is InChI=1S/C13H22N2O2S/c1-3-8-14(11-13-6-7-13)18(16,17)15-9-4-5-12(2)10-15/h1,12-13H,4-11H2,2H3. The molecule has 0 aromatic rings. The van der Waals surface area contributed by atoms with Crippen LogP contribution in [0, 0.1) is 24.2 Å². The van der Waals surface area contributed by atoms with Crippen molar-refractivity contribution in [1.29, 1.82) is 0 Å². The molecule has 1 unspecified atom stereocenters. The Morgan fingerprint density at radius 3 is 2.67 bits per heavy atom. The number of hydrogen-bond donors (Lipinski definition) is 0. The third kappa shape index (κ3) is 3.25. The third-order valence-corrected chi connectivity index (χ3v) is 5.61. The van der Waals surface area contributed by atoms with E-state index in [-0.39, 0.29) is 6.54 Å². The fourth-order valence-corrected chi connectivity index (χ4v) is 4.22. The van der Waals surface area contributed by atoms with Crippen LogP contribution >= 0.6 is 0 Å². The molecule has 0 radical (unpaired) electrons. The minimum atomic E-state index is -3.35. The average Bonchev–Trinajstić information content (AvgIpc) is 3.12. The van der Waals surface area contributed by atoms with Crippen LogP contribution in [0.15, 0.2) is 0 Å². The highest BCUT2D eigenvalue weighted by atomic mass is 32.2. The summed E-state index contributed by atoms with van der Waals surface area (Å²) in [5, 5.41) is 0. The predicted octanol–water partition coefficient (Wildman–Crippen LogP) is 1.31. The Balaban J connectivity index is 2.07. The van der Waals surface area contributed by atoms with E-state index in [1.807, 2.05) is 0 Å². The molecule has 1 saturated heterocycles. The highest BCUT2D eigenvalue weighted by Crippen LogP contribution is 2.31. The predicted molar refractivity (Wildman–Crippen MR) is 72.0 cm³/mol. The Hall–Kier alpha value is -0.570. The summed E-state index contributed by atoms with van der Waals surface area (Å²) in [5.74, 6) is 3.45. The van der Waals surface area contributed by atoms with E-state index in [0.717, 1.165) is 25.7 Å². The van der Waals surface area contributed by atoms with Crippen LogP contribution in [-0.2, 0) is 10.2 Å². The number of terminal acetylenes is 1. The van der Waals surface area contributed by atoms with Crippen LogP contribution in [0.5, 0.6) is 0 Å². The molecule has 2 aliphatic rings. The van der Waals surface area contributed by atoms with E-state index < -0.39 is 10.2 Å². The fraction of sp³-hybridized carbons (Fsp3) is 0.846. The van der Waals surface area contributed by atoms with Gasteiger partial charge < -0.3 is 0 Å². The zero-order chi connectivity index (χ0) is 13.2. The minimum Gasteiger partial charge on any atom is -0.195 e. The van der Waals surface area contributed by atoms with Crippen molar-refractivity contribution in [1.82, 2.24) is 8.61 Å². The van der Waals surface area contributed by atoms with E-state index >= 15 is 0 Å². The molecule has 0 aromatic heterocycles. The lowest BCUT2D eigenvalue weighted by molar-refractivity contribution is 0.259. The lowest BCUT2D eigenvalue weighted by atomic mass is 10.0. The summed E-state index contributed by atoms with van der Waals surface area (Å²) in [6.45, 7) is 4.17. The third-order valence-electron chi connectivity index (χ3n) is 3.70. The zero-order valence-electron chi connectivity index (χ0n) is 11.0. The van der Waals surface area contributed by atoms with Crippen LogP contribution in [-0.4, -0.2) is 43.2 Å². The summed E-state index contributed by atoms with van der Waals surface area (Å²) in [5.41, 5.74) is 0. The summed E-state index contributed by atoms with van der Waals surface area (Å²) >= 11 is 0. The average molecular weight is 270 g/mol. The monoisotopic (exact) mass is 270 g/mol. The molecule has 0 spiro atoms. The lowest BCUT2D eigenvalue weighted by Crippen LogP contribution is -2.48. The topological polar surface area (TPSA) is 40.6 Å². The molecule has 5 heteroatoms. The molecule has 1 atom stereocenters. The van der Waals surface area contributed by atoms with Crippen molar-refractivity contribution >= 4 is 10.2 Å². The quantitative estimate of drug-likeness (QED) is 0.707. The first kappa shape index (κ1) is 13.9. The summed E-state index contributed by atoms with van der Waals surface area (Å²) in [6, 6.07) is 0. The molecule has 0 bridgehead atoms. The normalized spacial score (nSPS) is 26.2. The van der Waals surface area contributed by atoms with Gasteiger partial charge in [-0.15, -0.1) is 6.42 Å². The van der Waals surface area contributed by atoms with Crippen molar-refractivity contribution in [2.75, 3.05) is 26.2 Å². The molecule has 2 rings (SSSR count). The Morgan fingerprint density at radius 2 is 2.11 bits per heavy atom. The van der Waals surface area contributed by atoms with Crippen molar-refractivity contribution in [2.45, 2.75) is 32.6 Å². The molecule has 1 aliphatic heterocycles. The molecule has 4 nitrogen and oxygen atoms in total. The summed E-state index contributed by atoms with van der Waals surface area (Å²) in [7, 11) is -3.35. The Kier molecular flexibility index (Phi) is 4.31. The first-order valence-electron chi connectivity index (χ1n) is 6.72. The van der Waals surface area contributed by atoms with E-state index in [0.29, 0.717) is 31.5 Å². The van der Waals surface area contributed by atoms with Gasteiger partial charge in [0.05, 0.1) is 6.54 Å². The van der Waals surface area contributed by atoms with Gasteiger partial charge in [-0.2, -0.15) is 17.0 Å². The van der Waals surface area contributed by atoms with E-state index in [2.05, 4.69) is 12.8 Å². The van der Waals surface area contributed by atoms with Crippen molar-refractivity contribution < 1.29 is 8.42 Å². The molecular formula is C13H22N2O2S. The van der Waals surface area contributed by atoms with Gasteiger partial charge in [-0.25, -0.2) is 0 Å². The smallest absolute Gasteiger partial charge is 0.195 e. The van der Waals surface area contributed by atoms with Gasteiger partial charge in [-0.05, 0) is 37.5 Å². The van der Waals surface area contributed by atoms with Gasteiger partial charge in [0.15, 0.2) is 0 Å². The van der Waals surface area contributed by atoms with Crippen LogP contribution in [0.4, 0.5) is 0 Å². The van der Waals surface area contributed by atoms with Gasteiger partial charge in [0.1, 0.15) is 0 Å². The molecule has 1 aliphatic carbocycles. The number of nitrogens with zero attached hydrogens (tertiary/aromatic N) is 2. The van der Waals surface area contributed by atoms with Crippen molar-refractivity contribution in [3.05, 3.63) is 0 Å². The fourth-order valence-electron chi connectivity index (χ4n) is 2.45. The molecule has 2 fully saturated rings. The Bertz CT molecular complexity index is 423. The molecule has 102 valence electrons.